The van der Waals surface area contributed by atoms with E-state index in [1.54, 1.807) is 25.3 Å². The third kappa shape index (κ3) is 2.64. The molecule has 0 amide bonds. The van der Waals surface area contributed by atoms with Crippen LogP contribution >= 0.6 is 15.9 Å². The Bertz CT molecular complexity index is 443. The summed E-state index contributed by atoms with van der Waals surface area (Å²) in [5.74, 6) is 0.663. The van der Waals surface area contributed by atoms with Gasteiger partial charge in [0.2, 0.25) is 0 Å². The van der Waals surface area contributed by atoms with Crippen molar-refractivity contribution in [3.8, 4) is 5.75 Å². The van der Waals surface area contributed by atoms with Crippen LogP contribution in [0.5, 0.6) is 5.75 Å². The number of hydrogen-bond acceptors (Lipinski definition) is 2. The van der Waals surface area contributed by atoms with E-state index in [9.17, 15) is 13.2 Å². The standard InChI is InChI=1S/C12H13BrF3NO/c1-18-10-3-2-8(6-9(10)13)7-17-11(4-5-11)12(14,15)16/h2-3,6,17H,4-5,7H2,1H3. The SMILES string of the molecule is COc1ccc(CNC2(C(F)(F)F)CC2)cc1Br. The van der Waals surface area contributed by atoms with Crippen LogP contribution in [0.2, 0.25) is 0 Å². The molecular formula is C12H13BrF3NO. The van der Waals surface area contributed by atoms with Crippen molar-refractivity contribution in [1.29, 1.82) is 0 Å². The Morgan fingerprint density at radius 3 is 2.50 bits per heavy atom. The summed E-state index contributed by atoms with van der Waals surface area (Å²) in [5, 5.41) is 2.60. The van der Waals surface area contributed by atoms with Crippen LogP contribution in [0.25, 0.3) is 0 Å². The summed E-state index contributed by atoms with van der Waals surface area (Å²) in [6.07, 6.45) is -3.85. The molecule has 1 aliphatic carbocycles. The zero-order valence-electron chi connectivity index (χ0n) is 9.77. The lowest BCUT2D eigenvalue weighted by atomic mass is 10.2. The topological polar surface area (TPSA) is 21.3 Å². The molecule has 1 N–H and O–H groups in total. The lowest BCUT2D eigenvalue weighted by molar-refractivity contribution is -0.166. The quantitative estimate of drug-likeness (QED) is 0.913. The van der Waals surface area contributed by atoms with Crippen molar-refractivity contribution in [3.05, 3.63) is 28.2 Å². The number of benzene rings is 1. The highest BCUT2D eigenvalue weighted by molar-refractivity contribution is 9.10. The molecule has 1 aromatic carbocycles. The largest absolute Gasteiger partial charge is 0.496 e. The Hall–Kier alpha value is -0.750. The summed E-state index contributed by atoms with van der Waals surface area (Å²) >= 11 is 3.31. The molecule has 0 unspecified atom stereocenters. The molecule has 100 valence electrons. The third-order valence-electron chi connectivity index (χ3n) is 3.14. The maximum atomic E-state index is 12.7. The number of rotatable bonds is 4. The van der Waals surface area contributed by atoms with Crippen LogP contribution in [0.15, 0.2) is 22.7 Å². The Morgan fingerprint density at radius 2 is 2.06 bits per heavy atom. The van der Waals surface area contributed by atoms with Gasteiger partial charge in [0, 0.05) is 6.54 Å². The van der Waals surface area contributed by atoms with Crippen LogP contribution in [0.4, 0.5) is 13.2 Å². The van der Waals surface area contributed by atoms with E-state index in [1.165, 1.54) is 0 Å². The highest BCUT2D eigenvalue weighted by atomic mass is 79.9. The van der Waals surface area contributed by atoms with Gasteiger partial charge in [0.05, 0.1) is 11.6 Å². The molecule has 0 radical (unpaired) electrons. The van der Waals surface area contributed by atoms with Gasteiger partial charge in [-0.15, -0.1) is 0 Å². The van der Waals surface area contributed by atoms with Crippen LogP contribution in [0.1, 0.15) is 18.4 Å². The van der Waals surface area contributed by atoms with Gasteiger partial charge in [-0.1, -0.05) is 6.07 Å². The smallest absolute Gasteiger partial charge is 0.406 e. The minimum absolute atomic E-state index is 0.161. The van der Waals surface area contributed by atoms with Crippen molar-refractivity contribution in [3.63, 3.8) is 0 Å². The molecule has 1 fully saturated rings. The van der Waals surface area contributed by atoms with Crippen molar-refractivity contribution in [2.45, 2.75) is 31.1 Å². The highest BCUT2D eigenvalue weighted by Gasteiger charge is 2.62. The fourth-order valence-electron chi connectivity index (χ4n) is 1.78. The summed E-state index contributed by atoms with van der Waals surface area (Å²) < 4.78 is 43.9. The number of ether oxygens (including phenoxy) is 1. The van der Waals surface area contributed by atoms with Gasteiger partial charge < -0.3 is 4.74 Å². The second-order valence-electron chi connectivity index (χ2n) is 4.40. The van der Waals surface area contributed by atoms with Crippen molar-refractivity contribution in [1.82, 2.24) is 5.32 Å². The third-order valence-corrected chi connectivity index (χ3v) is 3.76. The molecule has 6 heteroatoms. The molecule has 0 heterocycles. The zero-order valence-corrected chi connectivity index (χ0v) is 11.4. The van der Waals surface area contributed by atoms with Gasteiger partial charge in [-0.25, -0.2) is 0 Å². The zero-order chi connectivity index (χ0) is 13.4. The Balaban J connectivity index is 2.01. The van der Waals surface area contributed by atoms with Crippen LogP contribution in [-0.4, -0.2) is 18.8 Å². The number of hydrogen-bond donors (Lipinski definition) is 1. The molecule has 0 spiro atoms. The highest BCUT2D eigenvalue weighted by Crippen LogP contribution is 2.49. The number of nitrogens with one attached hydrogen (secondary N) is 1. The lowest BCUT2D eigenvalue weighted by Gasteiger charge is -2.20. The van der Waals surface area contributed by atoms with Crippen molar-refractivity contribution >= 4 is 15.9 Å². The second-order valence-corrected chi connectivity index (χ2v) is 5.26. The first kappa shape index (κ1) is 13.7. The molecule has 1 aliphatic rings. The molecule has 0 atom stereocenters. The van der Waals surface area contributed by atoms with Crippen molar-refractivity contribution in [2.24, 2.45) is 0 Å². The van der Waals surface area contributed by atoms with Gasteiger partial charge in [-0.2, -0.15) is 13.2 Å². The fourth-order valence-corrected chi connectivity index (χ4v) is 2.36. The van der Waals surface area contributed by atoms with Gasteiger partial charge in [-0.3, -0.25) is 5.32 Å². The minimum Gasteiger partial charge on any atom is -0.496 e. The van der Waals surface area contributed by atoms with E-state index in [2.05, 4.69) is 21.2 Å². The van der Waals surface area contributed by atoms with E-state index >= 15 is 0 Å². The van der Waals surface area contributed by atoms with Crippen LogP contribution < -0.4 is 10.1 Å². The van der Waals surface area contributed by atoms with E-state index < -0.39 is 11.7 Å². The Kier molecular flexibility index (Phi) is 3.60. The minimum atomic E-state index is -4.17. The Morgan fingerprint density at radius 1 is 1.39 bits per heavy atom. The van der Waals surface area contributed by atoms with Crippen molar-refractivity contribution in [2.75, 3.05) is 7.11 Å². The number of methoxy groups -OCH3 is 1. The second kappa shape index (κ2) is 4.74. The van der Waals surface area contributed by atoms with Gasteiger partial charge in [0.15, 0.2) is 0 Å². The maximum Gasteiger partial charge on any atom is 0.406 e. The molecule has 2 rings (SSSR count). The van der Waals surface area contributed by atoms with Gasteiger partial charge in [-0.05, 0) is 46.5 Å². The van der Waals surface area contributed by atoms with Crippen LogP contribution in [0, 0.1) is 0 Å². The van der Waals surface area contributed by atoms with E-state index in [4.69, 9.17) is 4.74 Å². The van der Waals surface area contributed by atoms with Gasteiger partial charge in [0.25, 0.3) is 0 Å². The van der Waals surface area contributed by atoms with Crippen LogP contribution in [0.3, 0.4) is 0 Å². The summed E-state index contributed by atoms with van der Waals surface area (Å²) in [4.78, 5) is 0. The normalized spacial score (nSPS) is 17.6. The van der Waals surface area contributed by atoms with E-state index in [0.717, 1.165) is 10.0 Å². The van der Waals surface area contributed by atoms with Crippen LogP contribution in [-0.2, 0) is 6.54 Å². The molecular weight excluding hydrogens is 311 g/mol. The number of alkyl halides is 3. The fraction of sp³-hybridized carbons (Fsp3) is 0.500. The maximum absolute atomic E-state index is 12.7. The van der Waals surface area contributed by atoms with E-state index in [1.807, 2.05) is 0 Å². The summed E-state index contributed by atoms with van der Waals surface area (Å²) in [6.45, 7) is 0.197. The average Bonchev–Trinajstić information content (AvgIpc) is 3.07. The molecule has 0 aromatic heterocycles. The van der Waals surface area contributed by atoms with Gasteiger partial charge in [0.1, 0.15) is 11.3 Å². The molecule has 18 heavy (non-hydrogen) atoms. The van der Waals surface area contributed by atoms with Gasteiger partial charge >= 0.3 is 6.18 Å². The predicted octanol–water partition coefficient (Wildman–Crippen LogP) is 3.64. The van der Waals surface area contributed by atoms with Crippen molar-refractivity contribution < 1.29 is 17.9 Å². The van der Waals surface area contributed by atoms with E-state index in [-0.39, 0.29) is 19.4 Å². The molecule has 1 aromatic rings. The first-order chi connectivity index (χ1) is 8.38. The first-order valence-electron chi connectivity index (χ1n) is 5.52. The molecule has 2 nitrogen and oxygen atoms in total. The average molecular weight is 324 g/mol. The molecule has 0 bridgehead atoms. The molecule has 0 aliphatic heterocycles. The van der Waals surface area contributed by atoms with E-state index in [0.29, 0.717) is 5.75 Å². The first-order valence-corrected chi connectivity index (χ1v) is 6.31. The summed E-state index contributed by atoms with van der Waals surface area (Å²) in [7, 11) is 1.54. The Labute approximate surface area is 112 Å². The number of halogens is 4. The summed E-state index contributed by atoms with van der Waals surface area (Å²) in [6, 6.07) is 5.25. The molecule has 0 saturated heterocycles. The monoisotopic (exact) mass is 323 g/mol. The predicted molar refractivity (Wildman–Crippen MR) is 65.6 cm³/mol. The summed E-state index contributed by atoms with van der Waals surface area (Å²) in [5.41, 5.74) is -0.877. The lowest BCUT2D eigenvalue weighted by Crippen LogP contribution is -2.44. The molecule has 1 saturated carbocycles.